The Morgan fingerprint density at radius 3 is 1.07 bits per heavy atom. The van der Waals surface area contributed by atoms with Crippen LogP contribution in [0.25, 0.3) is 0 Å². The smallest absolute Gasteiger partial charge is 0.414 e. The van der Waals surface area contributed by atoms with Gasteiger partial charge in [-0.2, -0.15) is 0 Å². The van der Waals surface area contributed by atoms with Crippen molar-refractivity contribution in [3.05, 3.63) is 0 Å². The Morgan fingerprint density at radius 1 is 0.458 bits per heavy atom. The maximum atomic E-state index is 13.2. The number of carboxylic acids is 1. The molecule has 0 heterocycles. The van der Waals surface area contributed by atoms with Crippen LogP contribution in [0.4, 0.5) is 24.0 Å². The van der Waals surface area contributed by atoms with E-state index in [9.17, 15) is 33.9 Å². The standard InChI is InChI=1S/C39H72N8O12/c1-35(2,3)55-30(50)42-28(43-31(51)56-36(4,5)6)40-20-18-23-46(26-27(48)49)22-16-17-24-47(34(54)59-39(13,14)15)25-19-21-41-29(44-32(52)57-37(7,8)9)45-33(53)58-38(10,11)12/h16-26H2,1-15H3,(H,48,49)(H2,40,42,43,50,51)(H2,41,44,45,52,53). The zero-order valence-electron chi connectivity index (χ0n) is 38.0. The second kappa shape index (κ2) is 24.3. The van der Waals surface area contributed by atoms with Crippen molar-refractivity contribution < 1.29 is 57.6 Å². The largest absolute Gasteiger partial charge is 0.480 e. The van der Waals surface area contributed by atoms with E-state index in [1.54, 1.807) is 109 Å². The van der Waals surface area contributed by atoms with Gasteiger partial charge in [-0.3, -0.25) is 40.9 Å². The Hall–Kier alpha value is -4.88. The van der Waals surface area contributed by atoms with Gasteiger partial charge >= 0.3 is 36.4 Å². The van der Waals surface area contributed by atoms with Gasteiger partial charge in [-0.25, -0.2) is 24.0 Å². The molecule has 0 fully saturated rings. The first kappa shape index (κ1) is 54.1. The van der Waals surface area contributed by atoms with Crippen LogP contribution in [0.2, 0.25) is 0 Å². The fraction of sp³-hybridized carbons (Fsp3) is 0.795. The van der Waals surface area contributed by atoms with Crippen molar-refractivity contribution in [3.63, 3.8) is 0 Å². The summed E-state index contributed by atoms with van der Waals surface area (Å²) < 4.78 is 26.7. The van der Waals surface area contributed by atoms with Crippen molar-refractivity contribution in [2.45, 2.75) is 158 Å². The van der Waals surface area contributed by atoms with Crippen LogP contribution in [0.3, 0.4) is 0 Å². The highest BCUT2D eigenvalue weighted by Gasteiger charge is 2.25. The lowest BCUT2D eigenvalue weighted by molar-refractivity contribution is -0.138. The third-order valence-electron chi connectivity index (χ3n) is 6.40. The highest BCUT2D eigenvalue weighted by molar-refractivity contribution is 6.02. The highest BCUT2D eigenvalue weighted by Crippen LogP contribution is 2.13. The van der Waals surface area contributed by atoms with Crippen molar-refractivity contribution in [1.82, 2.24) is 31.1 Å². The minimum Gasteiger partial charge on any atom is -0.480 e. The monoisotopic (exact) mass is 845 g/mol. The first-order chi connectivity index (χ1) is 26.7. The van der Waals surface area contributed by atoms with Gasteiger partial charge in [0.15, 0.2) is 0 Å². The summed E-state index contributed by atoms with van der Waals surface area (Å²) in [6.45, 7) is 26.7. The van der Waals surface area contributed by atoms with E-state index < -0.39 is 64.4 Å². The number of nitrogens with one attached hydrogen (secondary N) is 4. The third kappa shape index (κ3) is 32.7. The van der Waals surface area contributed by atoms with Crippen LogP contribution >= 0.6 is 0 Å². The number of aliphatic carboxylic acids is 1. The molecule has 340 valence electrons. The molecule has 0 unspecified atom stereocenters. The quantitative estimate of drug-likeness (QED) is 0.0552. The van der Waals surface area contributed by atoms with Crippen molar-refractivity contribution >= 4 is 48.4 Å². The Balaban J connectivity index is 5.66. The van der Waals surface area contributed by atoms with E-state index in [0.717, 1.165) is 0 Å². The van der Waals surface area contributed by atoms with Crippen molar-refractivity contribution in [3.8, 4) is 0 Å². The van der Waals surface area contributed by atoms with Crippen LogP contribution in [0.1, 0.15) is 130 Å². The number of alkyl carbamates (subject to hydrolysis) is 4. The fourth-order valence-electron chi connectivity index (χ4n) is 4.48. The SMILES string of the molecule is CC(C)(C)OC(=O)NC(=NCCCN(CCCCN(CCCN=C(NC(=O)OC(C)(C)C)NC(=O)OC(C)(C)C)C(=O)OC(C)(C)C)CC(=O)O)NC(=O)OC(C)(C)C. The van der Waals surface area contributed by atoms with Gasteiger partial charge in [0.2, 0.25) is 11.9 Å². The van der Waals surface area contributed by atoms with E-state index in [2.05, 4.69) is 31.3 Å². The average Bonchev–Trinajstić information content (AvgIpc) is 2.96. The molecule has 0 spiro atoms. The van der Waals surface area contributed by atoms with Crippen LogP contribution in [-0.2, 0) is 28.5 Å². The molecule has 20 nitrogen and oxygen atoms in total. The number of ether oxygens (including phenoxy) is 5. The van der Waals surface area contributed by atoms with E-state index in [1.807, 2.05) is 0 Å². The number of aliphatic imine (C=N–C) groups is 2. The first-order valence-corrected chi connectivity index (χ1v) is 19.7. The van der Waals surface area contributed by atoms with E-state index in [0.29, 0.717) is 45.3 Å². The lowest BCUT2D eigenvalue weighted by Crippen LogP contribution is -2.47. The van der Waals surface area contributed by atoms with E-state index in [-0.39, 0.29) is 38.1 Å². The van der Waals surface area contributed by atoms with Crippen LogP contribution in [0.15, 0.2) is 9.98 Å². The lowest BCUT2D eigenvalue weighted by Gasteiger charge is -2.28. The van der Waals surface area contributed by atoms with Crippen molar-refractivity contribution in [2.75, 3.05) is 45.8 Å². The predicted molar refractivity (Wildman–Crippen MR) is 222 cm³/mol. The summed E-state index contributed by atoms with van der Waals surface area (Å²) in [5.41, 5.74) is -3.97. The summed E-state index contributed by atoms with van der Waals surface area (Å²) >= 11 is 0. The Labute approximate surface area is 349 Å². The third-order valence-corrected chi connectivity index (χ3v) is 6.40. The number of carbonyl (C=O) groups excluding carboxylic acids is 5. The Morgan fingerprint density at radius 2 is 0.746 bits per heavy atom. The highest BCUT2D eigenvalue weighted by atomic mass is 16.6. The Bertz CT molecular complexity index is 1390. The minimum atomic E-state index is -1.02. The molecule has 0 atom stereocenters. The van der Waals surface area contributed by atoms with E-state index in [4.69, 9.17) is 23.7 Å². The van der Waals surface area contributed by atoms with Crippen LogP contribution in [-0.4, -0.2) is 137 Å². The molecule has 0 saturated carbocycles. The summed E-state index contributed by atoms with van der Waals surface area (Å²) in [5, 5.41) is 19.2. The van der Waals surface area contributed by atoms with E-state index >= 15 is 0 Å². The molecular formula is C39H72N8O12. The molecule has 0 aromatic carbocycles. The molecule has 59 heavy (non-hydrogen) atoms. The Kier molecular flexibility index (Phi) is 22.3. The number of nitrogens with zero attached hydrogens (tertiary/aromatic N) is 4. The number of hydrogen-bond acceptors (Lipinski definition) is 14. The van der Waals surface area contributed by atoms with Crippen molar-refractivity contribution in [2.24, 2.45) is 9.98 Å². The molecule has 5 N–H and O–H groups in total. The zero-order chi connectivity index (χ0) is 45.8. The number of rotatable bonds is 15. The number of carboxylic acid groups (broad SMARTS) is 1. The van der Waals surface area contributed by atoms with Gasteiger partial charge in [0.1, 0.15) is 28.0 Å². The number of hydrogen-bond donors (Lipinski definition) is 5. The van der Waals surface area contributed by atoms with Gasteiger partial charge in [-0.15, -0.1) is 0 Å². The molecular weight excluding hydrogens is 772 g/mol. The number of carbonyl (C=O) groups is 6. The lowest BCUT2D eigenvalue weighted by atomic mass is 10.2. The minimum absolute atomic E-state index is 0.0946. The normalized spacial score (nSPS) is 12.0. The average molecular weight is 845 g/mol. The molecule has 0 rings (SSSR count). The van der Waals surface area contributed by atoms with Crippen LogP contribution in [0, 0.1) is 0 Å². The topological polar surface area (TPSA) is 248 Å². The van der Waals surface area contributed by atoms with Crippen LogP contribution < -0.4 is 21.3 Å². The van der Waals surface area contributed by atoms with Gasteiger partial charge < -0.3 is 33.7 Å². The maximum absolute atomic E-state index is 13.2. The molecule has 0 saturated heterocycles. The van der Waals surface area contributed by atoms with Gasteiger partial charge in [0.25, 0.3) is 0 Å². The second-order valence-corrected chi connectivity index (χ2v) is 18.5. The summed E-state index contributed by atoms with van der Waals surface area (Å²) in [4.78, 5) is 86.4. The molecule has 0 aliphatic carbocycles. The molecule has 0 bridgehead atoms. The molecule has 5 amide bonds. The summed E-state index contributed by atoms with van der Waals surface area (Å²) in [7, 11) is 0. The predicted octanol–water partition coefficient (Wildman–Crippen LogP) is 5.98. The van der Waals surface area contributed by atoms with Gasteiger partial charge in [-0.1, -0.05) is 0 Å². The summed E-state index contributed by atoms with van der Waals surface area (Å²) in [5.74, 6) is -1.39. The number of amides is 5. The zero-order valence-corrected chi connectivity index (χ0v) is 38.0. The molecule has 0 aliphatic heterocycles. The van der Waals surface area contributed by atoms with Gasteiger partial charge in [-0.05, 0) is 136 Å². The first-order valence-electron chi connectivity index (χ1n) is 19.7. The summed E-state index contributed by atoms with van der Waals surface area (Å²) in [6, 6.07) is 0. The van der Waals surface area contributed by atoms with Crippen molar-refractivity contribution in [1.29, 1.82) is 0 Å². The number of guanidine groups is 2. The molecule has 20 heteroatoms. The molecule has 0 aliphatic rings. The maximum Gasteiger partial charge on any atom is 0.414 e. The molecule has 0 radical (unpaired) electrons. The number of unbranched alkanes of at least 4 members (excludes halogenated alkanes) is 1. The fourth-order valence-corrected chi connectivity index (χ4v) is 4.48. The second-order valence-electron chi connectivity index (χ2n) is 18.5. The molecule has 0 aromatic rings. The van der Waals surface area contributed by atoms with E-state index in [1.165, 1.54) is 4.90 Å². The van der Waals surface area contributed by atoms with Crippen LogP contribution in [0.5, 0.6) is 0 Å². The summed E-state index contributed by atoms with van der Waals surface area (Å²) in [6.07, 6.45) is -2.13. The molecule has 0 aromatic heterocycles. The van der Waals surface area contributed by atoms with Gasteiger partial charge in [0.05, 0.1) is 6.54 Å². The van der Waals surface area contributed by atoms with Gasteiger partial charge in [0, 0.05) is 32.7 Å².